The highest BCUT2D eigenvalue weighted by molar-refractivity contribution is 6.34. The first-order valence-corrected chi connectivity index (χ1v) is 13.1. The van der Waals surface area contributed by atoms with E-state index in [0.717, 1.165) is 21.3 Å². The van der Waals surface area contributed by atoms with Crippen LogP contribution in [0.3, 0.4) is 0 Å². The summed E-state index contributed by atoms with van der Waals surface area (Å²) in [6.45, 7) is -0.458. The number of benzene rings is 3. The number of hydrogen-bond donors (Lipinski definition) is 1. The van der Waals surface area contributed by atoms with Gasteiger partial charge >= 0.3 is 5.69 Å². The van der Waals surface area contributed by atoms with E-state index in [1.165, 1.54) is 31.6 Å². The molecular weight excluding hydrogens is 596 g/mol. The van der Waals surface area contributed by atoms with Gasteiger partial charge in [0.25, 0.3) is 5.56 Å². The molecule has 0 saturated heterocycles. The molecule has 0 bridgehead atoms. The molecule has 1 aliphatic heterocycles. The van der Waals surface area contributed by atoms with Crippen molar-refractivity contribution in [2.45, 2.75) is 13.0 Å². The molecule has 1 N–H and O–H groups in total. The third-order valence-corrected chi connectivity index (χ3v) is 7.41. The van der Waals surface area contributed by atoms with Gasteiger partial charge in [-0.15, -0.1) is 0 Å². The maximum Gasteiger partial charge on any atom is 0.336 e. The number of aromatic nitrogens is 3. The van der Waals surface area contributed by atoms with E-state index in [9.17, 15) is 27.6 Å². The normalized spacial score (nSPS) is 12.5. The number of methoxy groups -OCH3 is 1. The number of anilines is 1. The van der Waals surface area contributed by atoms with Crippen LogP contribution in [0, 0.1) is 17.5 Å². The van der Waals surface area contributed by atoms with Gasteiger partial charge in [-0.1, -0.05) is 23.2 Å². The van der Waals surface area contributed by atoms with E-state index in [1.54, 1.807) is 18.2 Å². The van der Waals surface area contributed by atoms with Crippen LogP contribution in [0.25, 0.3) is 27.7 Å². The van der Waals surface area contributed by atoms with Gasteiger partial charge < -0.3 is 10.1 Å². The van der Waals surface area contributed by atoms with Crippen LogP contribution in [0.5, 0.6) is 5.75 Å². The van der Waals surface area contributed by atoms with Crippen LogP contribution in [0.2, 0.25) is 10.0 Å². The summed E-state index contributed by atoms with van der Waals surface area (Å²) < 4.78 is 49.5. The summed E-state index contributed by atoms with van der Waals surface area (Å²) in [5.41, 5.74) is 0.491. The second-order valence-electron chi connectivity index (χ2n) is 9.53. The van der Waals surface area contributed by atoms with Gasteiger partial charge in [0.05, 0.1) is 47.5 Å². The van der Waals surface area contributed by atoms with Crippen molar-refractivity contribution in [2.75, 3.05) is 12.4 Å². The fourth-order valence-corrected chi connectivity index (χ4v) is 5.46. The van der Waals surface area contributed by atoms with E-state index in [-0.39, 0.29) is 50.3 Å². The Balaban J connectivity index is 1.68. The maximum absolute atomic E-state index is 14.2. The summed E-state index contributed by atoms with van der Waals surface area (Å²) in [6, 6.07) is 9.23. The van der Waals surface area contributed by atoms with Crippen molar-refractivity contribution in [3.8, 4) is 22.6 Å². The van der Waals surface area contributed by atoms with Crippen LogP contribution in [0.1, 0.15) is 11.1 Å². The fraction of sp³-hybridized carbons (Fsp3) is 0.103. The van der Waals surface area contributed by atoms with Crippen LogP contribution in [-0.2, 0) is 17.8 Å². The zero-order valence-electron chi connectivity index (χ0n) is 21.5. The van der Waals surface area contributed by atoms with E-state index >= 15 is 0 Å². The number of nitrogens with zero attached hydrogens (tertiary/aromatic N) is 3. The SMILES string of the molecule is COc1cc(-c2cc3c(cc2Cl)NC(=O)C3)cc2c1c(=O)n(-c1cncc(Cl)c1)c(=O)n2Cc1cc(F)c(F)c(F)c1. The lowest BCUT2D eigenvalue weighted by Crippen LogP contribution is -2.39. The predicted molar refractivity (Wildman–Crippen MR) is 151 cm³/mol. The molecule has 2 aromatic heterocycles. The number of rotatable bonds is 5. The number of halogens is 5. The number of fused-ring (bicyclic) bond motifs is 2. The van der Waals surface area contributed by atoms with E-state index < -0.39 is 35.2 Å². The van der Waals surface area contributed by atoms with Gasteiger partial charge in [-0.3, -0.25) is 19.1 Å². The Hall–Kier alpha value is -4.61. The Morgan fingerprint density at radius 2 is 1.71 bits per heavy atom. The average molecular weight is 613 g/mol. The van der Waals surface area contributed by atoms with Gasteiger partial charge in [0.1, 0.15) is 11.1 Å². The molecule has 0 aliphatic carbocycles. The van der Waals surface area contributed by atoms with Crippen LogP contribution >= 0.6 is 23.2 Å². The van der Waals surface area contributed by atoms with Gasteiger partial charge in [-0.05, 0) is 59.2 Å². The van der Waals surface area contributed by atoms with Crippen molar-refractivity contribution in [2.24, 2.45) is 0 Å². The minimum absolute atomic E-state index is 0.0366. The standard InChI is InChI=1S/C29H17Cl2F3N4O4/c1-42-24-6-14(18-4-15-7-25(39)36-22(15)9-19(18)31)5-23-26(24)28(40)38(17-8-16(30)10-35-11-17)29(41)37(23)12-13-2-20(32)27(34)21(33)3-13/h2-6,8-11H,7,12H2,1H3,(H,36,39). The Morgan fingerprint density at radius 3 is 2.40 bits per heavy atom. The first-order valence-electron chi connectivity index (χ1n) is 12.3. The molecule has 3 aromatic carbocycles. The predicted octanol–water partition coefficient (Wildman–Crippen LogP) is 5.49. The molecule has 8 nitrogen and oxygen atoms in total. The Labute approximate surface area is 244 Å². The highest BCUT2D eigenvalue weighted by atomic mass is 35.5. The summed E-state index contributed by atoms with van der Waals surface area (Å²) >= 11 is 12.7. The number of pyridine rings is 1. The highest BCUT2D eigenvalue weighted by Gasteiger charge is 2.24. The Kier molecular flexibility index (Phi) is 6.78. The molecule has 6 rings (SSSR count). The summed E-state index contributed by atoms with van der Waals surface area (Å²) in [5, 5.41) is 3.09. The number of carbonyl (C=O) groups excluding carboxylic acids is 1. The third-order valence-electron chi connectivity index (χ3n) is 6.89. The van der Waals surface area contributed by atoms with Crippen molar-refractivity contribution in [3.05, 3.63) is 114 Å². The molecule has 0 saturated carbocycles. The lowest BCUT2D eigenvalue weighted by atomic mass is 9.99. The van der Waals surface area contributed by atoms with Crippen molar-refractivity contribution < 1.29 is 22.7 Å². The molecule has 1 aliphatic rings. The first kappa shape index (κ1) is 27.6. The number of carbonyl (C=O) groups is 1. The molecule has 5 aromatic rings. The average Bonchev–Trinajstić information content (AvgIpc) is 3.31. The van der Waals surface area contributed by atoms with Gasteiger partial charge in [0.15, 0.2) is 17.5 Å². The lowest BCUT2D eigenvalue weighted by Gasteiger charge is -2.18. The smallest absolute Gasteiger partial charge is 0.336 e. The molecule has 0 atom stereocenters. The molecule has 42 heavy (non-hydrogen) atoms. The summed E-state index contributed by atoms with van der Waals surface area (Å²) in [6.07, 6.45) is 2.70. The number of hydrogen-bond acceptors (Lipinski definition) is 5. The molecule has 3 heterocycles. The second kappa shape index (κ2) is 10.3. The van der Waals surface area contributed by atoms with Crippen molar-refractivity contribution >= 4 is 45.7 Å². The molecule has 0 spiro atoms. The lowest BCUT2D eigenvalue weighted by molar-refractivity contribution is -0.115. The summed E-state index contributed by atoms with van der Waals surface area (Å²) in [5.74, 6) is -4.68. The summed E-state index contributed by atoms with van der Waals surface area (Å²) in [7, 11) is 1.33. The van der Waals surface area contributed by atoms with Crippen LogP contribution in [0.15, 0.2) is 64.4 Å². The number of ether oxygens (including phenoxy) is 1. The fourth-order valence-electron chi connectivity index (χ4n) is 5.02. The zero-order chi connectivity index (χ0) is 29.9. The molecule has 0 radical (unpaired) electrons. The Morgan fingerprint density at radius 1 is 0.976 bits per heavy atom. The highest BCUT2D eigenvalue weighted by Crippen LogP contribution is 2.38. The largest absolute Gasteiger partial charge is 0.496 e. The third kappa shape index (κ3) is 4.60. The monoisotopic (exact) mass is 612 g/mol. The van der Waals surface area contributed by atoms with E-state index in [2.05, 4.69) is 10.3 Å². The van der Waals surface area contributed by atoms with Gasteiger partial charge in [0.2, 0.25) is 5.91 Å². The van der Waals surface area contributed by atoms with Gasteiger partial charge in [-0.2, -0.15) is 0 Å². The van der Waals surface area contributed by atoms with E-state index in [4.69, 9.17) is 27.9 Å². The van der Waals surface area contributed by atoms with Crippen LogP contribution in [-0.4, -0.2) is 27.1 Å². The minimum Gasteiger partial charge on any atom is -0.496 e. The molecule has 0 fully saturated rings. The molecule has 1 amide bonds. The van der Waals surface area contributed by atoms with Crippen molar-refractivity contribution in [1.29, 1.82) is 0 Å². The topological polar surface area (TPSA) is 95.2 Å². The first-order chi connectivity index (χ1) is 20.0. The van der Waals surface area contributed by atoms with E-state index in [0.29, 0.717) is 22.4 Å². The quantitative estimate of drug-likeness (QED) is 0.265. The van der Waals surface area contributed by atoms with Gasteiger partial charge in [-0.25, -0.2) is 22.5 Å². The second-order valence-corrected chi connectivity index (χ2v) is 10.4. The molecule has 212 valence electrons. The van der Waals surface area contributed by atoms with E-state index in [1.807, 2.05) is 0 Å². The maximum atomic E-state index is 14.2. The summed E-state index contributed by atoms with van der Waals surface area (Å²) in [4.78, 5) is 43.7. The minimum atomic E-state index is -1.66. The van der Waals surface area contributed by atoms with Crippen LogP contribution < -0.4 is 21.3 Å². The number of nitrogens with one attached hydrogen (secondary N) is 1. The number of amides is 1. The molecule has 13 heteroatoms. The molecular formula is C29H17Cl2F3N4O4. The zero-order valence-corrected chi connectivity index (χ0v) is 23.0. The Bertz CT molecular complexity index is 2070. The van der Waals surface area contributed by atoms with Crippen molar-refractivity contribution in [3.63, 3.8) is 0 Å². The van der Waals surface area contributed by atoms with Gasteiger partial charge in [0, 0.05) is 17.4 Å². The molecule has 0 unspecified atom stereocenters. The van der Waals surface area contributed by atoms with Crippen molar-refractivity contribution in [1.82, 2.24) is 14.1 Å². The van der Waals surface area contributed by atoms with Crippen LogP contribution in [0.4, 0.5) is 18.9 Å².